The molecule has 122 valence electrons. The van der Waals surface area contributed by atoms with Crippen LogP contribution in [0.2, 0.25) is 0 Å². The second-order valence-corrected chi connectivity index (χ2v) is 6.65. The molecule has 2 rings (SSSR count). The van der Waals surface area contributed by atoms with E-state index in [0.29, 0.717) is 12.6 Å². The Labute approximate surface area is 128 Å². The number of amides is 2. The van der Waals surface area contributed by atoms with Crippen molar-refractivity contribution in [3.8, 4) is 0 Å². The summed E-state index contributed by atoms with van der Waals surface area (Å²) in [7, 11) is 1.85. The SMILES string of the molecule is CCN1CCC(NC(=O)N(C)CC2CCCCC2O)CC1. The van der Waals surface area contributed by atoms with E-state index in [1.807, 2.05) is 7.05 Å². The third-order valence-electron chi connectivity index (χ3n) is 5.09. The van der Waals surface area contributed by atoms with Gasteiger partial charge in [-0.2, -0.15) is 0 Å². The number of nitrogens with zero attached hydrogens (tertiary/aromatic N) is 2. The third-order valence-corrected chi connectivity index (χ3v) is 5.09. The summed E-state index contributed by atoms with van der Waals surface area (Å²) in [5, 5.41) is 13.2. The number of piperidine rings is 1. The summed E-state index contributed by atoms with van der Waals surface area (Å²) in [5.41, 5.74) is 0. The fraction of sp³-hybridized carbons (Fsp3) is 0.938. The van der Waals surface area contributed by atoms with Crippen molar-refractivity contribution < 1.29 is 9.90 Å². The number of carbonyl (C=O) groups excluding carboxylic acids is 1. The van der Waals surface area contributed by atoms with Gasteiger partial charge in [-0.05, 0) is 32.2 Å². The molecule has 5 nitrogen and oxygen atoms in total. The van der Waals surface area contributed by atoms with Gasteiger partial charge in [0.1, 0.15) is 0 Å². The Hall–Kier alpha value is -0.810. The Balaban J connectivity index is 1.72. The highest BCUT2D eigenvalue weighted by atomic mass is 16.3. The lowest BCUT2D eigenvalue weighted by atomic mass is 9.86. The monoisotopic (exact) mass is 297 g/mol. The lowest BCUT2D eigenvalue weighted by molar-refractivity contribution is 0.0560. The molecule has 2 N–H and O–H groups in total. The predicted octanol–water partition coefficient (Wildman–Crippen LogP) is 1.66. The van der Waals surface area contributed by atoms with E-state index in [0.717, 1.165) is 51.7 Å². The van der Waals surface area contributed by atoms with Crippen LogP contribution >= 0.6 is 0 Å². The summed E-state index contributed by atoms with van der Waals surface area (Å²) in [4.78, 5) is 16.4. The van der Waals surface area contributed by atoms with Crippen molar-refractivity contribution >= 4 is 6.03 Å². The molecule has 2 unspecified atom stereocenters. The average molecular weight is 297 g/mol. The Bertz CT molecular complexity index is 329. The first-order valence-corrected chi connectivity index (χ1v) is 8.52. The molecule has 0 spiro atoms. The first-order chi connectivity index (χ1) is 10.1. The summed E-state index contributed by atoms with van der Waals surface area (Å²) < 4.78 is 0. The summed E-state index contributed by atoms with van der Waals surface area (Å²) in [6, 6.07) is 0.321. The molecule has 1 saturated heterocycles. The van der Waals surface area contributed by atoms with Crippen molar-refractivity contribution in [3.05, 3.63) is 0 Å². The number of urea groups is 1. The highest BCUT2D eigenvalue weighted by Gasteiger charge is 2.27. The molecule has 1 aliphatic carbocycles. The zero-order valence-corrected chi connectivity index (χ0v) is 13.6. The minimum absolute atomic E-state index is 0.0164. The van der Waals surface area contributed by atoms with Gasteiger partial charge in [-0.3, -0.25) is 0 Å². The van der Waals surface area contributed by atoms with Gasteiger partial charge in [0, 0.05) is 38.6 Å². The Morgan fingerprint density at radius 2 is 1.90 bits per heavy atom. The second kappa shape index (κ2) is 7.99. The molecule has 2 atom stereocenters. The van der Waals surface area contributed by atoms with Crippen molar-refractivity contribution in [3.63, 3.8) is 0 Å². The van der Waals surface area contributed by atoms with E-state index in [4.69, 9.17) is 0 Å². The number of hydrogen-bond donors (Lipinski definition) is 2. The van der Waals surface area contributed by atoms with Crippen molar-refractivity contribution in [2.75, 3.05) is 33.2 Å². The maximum Gasteiger partial charge on any atom is 0.317 e. The fourth-order valence-electron chi connectivity index (χ4n) is 3.51. The lowest BCUT2D eigenvalue weighted by Crippen LogP contribution is -2.49. The van der Waals surface area contributed by atoms with Gasteiger partial charge in [0.2, 0.25) is 0 Å². The van der Waals surface area contributed by atoms with Crippen molar-refractivity contribution in [1.82, 2.24) is 15.1 Å². The van der Waals surface area contributed by atoms with E-state index >= 15 is 0 Å². The van der Waals surface area contributed by atoms with Crippen molar-refractivity contribution in [2.45, 2.75) is 57.6 Å². The minimum atomic E-state index is -0.234. The van der Waals surface area contributed by atoms with E-state index in [-0.39, 0.29) is 18.1 Å². The van der Waals surface area contributed by atoms with Crippen LogP contribution in [0.1, 0.15) is 45.4 Å². The van der Waals surface area contributed by atoms with E-state index in [9.17, 15) is 9.90 Å². The highest BCUT2D eigenvalue weighted by Crippen LogP contribution is 2.24. The summed E-state index contributed by atoms with van der Waals surface area (Å²) in [6.07, 6.45) is 6.06. The van der Waals surface area contributed by atoms with E-state index in [1.165, 1.54) is 6.42 Å². The van der Waals surface area contributed by atoms with Crippen LogP contribution in [0.3, 0.4) is 0 Å². The maximum atomic E-state index is 12.3. The number of carbonyl (C=O) groups is 1. The van der Waals surface area contributed by atoms with Gasteiger partial charge >= 0.3 is 6.03 Å². The number of aliphatic hydroxyl groups is 1. The van der Waals surface area contributed by atoms with Gasteiger partial charge in [0.05, 0.1) is 6.10 Å². The molecule has 5 heteroatoms. The number of likely N-dealkylation sites (tertiary alicyclic amines) is 1. The molecule has 1 aliphatic heterocycles. The van der Waals surface area contributed by atoms with Gasteiger partial charge in [-0.25, -0.2) is 4.79 Å². The highest BCUT2D eigenvalue weighted by molar-refractivity contribution is 5.74. The normalized spacial score (nSPS) is 28.3. The van der Waals surface area contributed by atoms with E-state index in [2.05, 4.69) is 17.1 Å². The zero-order chi connectivity index (χ0) is 15.2. The molecule has 0 bridgehead atoms. The standard InChI is InChI=1S/C16H31N3O2/c1-3-19-10-8-14(9-11-19)17-16(21)18(2)12-13-6-4-5-7-15(13)20/h13-15,20H,3-12H2,1-2H3,(H,17,21). The maximum absolute atomic E-state index is 12.3. The largest absolute Gasteiger partial charge is 0.393 e. The van der Waals surface area contributed by atoms with Gasteiger partial charge in [0.15, 0.2) is 0 Å². The van der Waals surface area contributed by atoms with Gasteiger partial charge < -0.3 is 20.2 Å². The molecule has 0 radical (unpaired) electrons. The molecule has 0 aromatic rings. The van der Waals surface area contributed by atoms with Crippen LogP contribution in [0.5, 0.6) is 0 Å². The molecule has 0 aromatic carbocycles. The first kappa shape index (κ1) is 16.6. The van der Waals surface area contributed by atoms with Crippen molar-refractivity contribution in [1.29, 1.82) is 0 Å². The topological polar surface area (TPSA) is 55.8 Å². The molecular formula is C16H31N3O2. The first-order valence-electron chi connectivity index (χ1n) is 8.52. The molecule has 2 amide bonds. The third kappa shape index (κ3) is 4.85. The predicted molar refractivity (Wildman–Crippen MR) is 84.3 cm³/mol. The smallest absolute Gasteiger partial charge is 0.317 e. The fourth-order valence-corrected chi connectivity index (χ4v) is 3.51. The molecule has 21 heavy (non-hydrogen) atoms. The molecule has 2 fully saturated rings. The van der Waals surface area contributed by atoms with Gasteiger partial charge in [-0.1, -0.05) is 19.8 Å². The lowest BCUT2D eigenvalue weighted by Gasteiger charge is -2.34. The number of aliphatic hydroxyl groups excluding tert-OH is 1. The summed E-state index contributed by atoms with van der Waals surface area (Å²) >= 11 is 0. The molecule has 2 aliphatic rings. The molecular weight excluding hydrogens is 266 g/mol. The molecule has 0 aromatic heterocycles. The Morgan fingerprint density at radius 3 is 2.52 bits per heavy atom. The molecule has 1 heterocycles. The number of rotatable bonds is 4. The van der Waals surface area contributed by atoms with Crippen LogP contribution < -0.4 is 5.32 Å². The summed E-state index contributed by atoms with van der Waals surface area (Å²) in [6.45, 7) is 6.10. The number of nitrogens with one attached hydrogen (secondary N) is 1. The van der Waals surface area contributed by atoms with Crippen LogP contribution in [-0.4, -0.2) is 66.3 Å². The van der Waals surface area contributed by atoms with Crippen LogP contribution in [-0.2, 0) is 0 Å². The van der Waals surface area contributed by atoms with Crippen LogP contribution in [0, 0.1) is 5.92 Å². The average Bonchev–Trinajstić information content (AvgIpc) is 2.50. The van der Waals surface area contributed by atoms with Crippen LogP contribution in [0.15, 0.2) is 0 Å². The Morgan fingerprint density at radius 1 is 1.24 bits per heavy atom. The van der Waals surface area contributed by atoms with Gasteiger partial charge in [0.25, 0.3) is 0 Å². The Kier molecular flexibility index (Phi) is 6.30. The molecule has 1 saturated carbocycles. The van der Waals surface area contributed by atoms with Gasteiger partial charge in [-0.15, -0.1) is 0 Å². The van der Waals surface area contributed by atoms with E-state index < -0.39 is 0 Å². The van der Waals surface area contributed by atoms with Crippen LogP contribution in [0.4, 0.5) is 4.79 Å². The van der Waals surface area contributed by atoms with Crippen LogP contribution in [0.25, 0.3) is 0 Å². The second-order valence-electron chi connectivity index (χ2n) is 6.65. The van der Waals surface area contributed by atoms with E-state index in [1.54, 1.807) is 4.90 Å². The quantitative estimate of drug-likeness (QED) is 0.830. The minimum Gasteiger partial charge on any atom is -0.393 e. The number of hydrogen-bond acceptors (Lipinski definition) is 3. The van der Waals surface area contributed by atoms with Crippen molar-refractivity contribution in [2.24, 2.45) is 5.92 Å². The summed E-state index contributed by atoms with van der Waals surface area (Å²) in [5.74, 6) is 0.247. The zero-order valence-electron chi connectivity index (χ0n) is 13.6.